The lowest BCUT2D eigenvalue weighted by atomic mass is 10.1. The molecule has 2 aliphatic rings. The number of nitrogens with zero attached hydrogens (tertiary/aromatic N) is 1. The molecule has 19 heavy (non-hydrogen) atoms. The third-order valence-corrected chi connectivity index (χ3v) is 6.37. The fourth-order valence-corrected chi connectivity index (χ4v) is 4.98. The average molecular weight is 349 g/mol. The Hall–Kier alpha value is -0.500. The van der Waals surface area contributed by atoms with Gasteiger partial charge in [0.05, 0.1) is 9.37 Å². The highest BCUT2D eigenvalue weighted by atomic mass is 79.9. The molecule has 0 unspecified atom stereocenters. The highest BCUT2D eigenvalue weighted by molar-refractivity contribution is 9.10. The van der Waals surface area contributed by atoms with Gasteiger partial charge in [-0.25, -0.2) is 12.8 Å². The lowest BCUT2D eigenvalue weighted by Gasteiger charge is -2.30. The lowest BCUT2D eigenvalue weighted by molar-refractivity contribution is 0.263. The molecule has 0 atom stereocenters. The van der Waals surface area contributed by atoms with Crippen LogP contribution in [0.4, 0.5) is 4.39 Å². The molecular formula is C12H14BrFN2O2S. The minimum Gasteiger partial charge on any atom is -0.317 e. The molecule has 0 bridgehead atoms. The first-order chi connectivity index (χ1) is 9.01. The van der Waals surface area contributed by atoms with Gasteiger partial charge in [-0.3, -0.25) is 0 Å². The molecule has 2 aliphatic heterocycles. The smallest absolute Gasteiger partial charge is 0.244 e. The molecule has 0 saturated carbocycles. The number of nitrogens with one attached hydrogen (secondary N) is 1. The molecular weight excluding hydrogens is 335 g/mol. The van der Waals surface area contributed by atoms with Crippen LogP contribution in [0.5, 0.6) is 0 Å². The molecule has 1 N–H and O–H groups in total. The molecule has 104 valence electrons. The standard InChI is InChI=1S/C12H14BrFN2O2S/c13-10-1-2-11-9(12(10)14)7-16(19(11,17)18)8-3-5-15-6-4-8/h1-2,8,15H,3-7H2. The molecule has 0 aliphatic carbocycles. The van der Waals surface area contributed by atoms with Crippen LogP contribution >= 0.6 is 15.9 Å². The second-order valence-corrected chi connectivity index (χ2v) is 7.58. The third kappa shape index (κ3) is 2.12. The van der Waals surface area contributed by atoms with Crippen LogP contribution in [0.15, 0.2) is 21.5 Å². The average Bonchev–Trinajstić information content (AvgIpc) is 2.67. The van der Waals surface area contributed by atoms with Gasteiger partial charge in [-0.05, 0) is 54.0 Å². The van der Waals surface area contributed by atoms with E-state index >= 15 is 0 Å². The summed E-state index contributed by atoms with van der Waals surface area (Å²) in [5, 5.41) is 3.20. The fraction of sp³-hybridized carbons (Fsp3) is 0.500. The normalized spacial score (nSPS) is 23.5. The summed E-state index contributed by atoms with van der Waals surface area (Å²) >= 11 is 3.10. The number of sulfonamides is 1. The molecule has 1 saturated heterocycles. The highest BCUT2D eigenvalue weighted by Gasteiger charge is 2.41. The van der Waals surface area contributed by atoms with E-state index in [1.807, 2.05) is 0 Å². The number of hydrogen-bond acceptors (Lipinski definition) is 3. The number of hydrogen-bond donors (Lipinski definition) is 1. The van der Waals surface area contributed by atoms with Gasteiger partial charge in [0, 0.05) is 18.2 Å². The van der Waals surface area contributed by atoms with Gasteiger partial charge in [0.15, 0.2) is 0 Å². The largest absolute Gasteiger partial charge is 0.317 e. The van der Waals surface area contributed by atoms with Gasteiger partial charge < -0.3 is 5.32 Å². The molecule has 7 heteroatoms. The van der Waals surface area contributed by atoms with Crippen molar-refractivity contribution in [1.29, 1.82) is 0 Å². The van der Waals surface area contributed by atoms with E-state index in [-0.39, 0.29) is 23.0 Å². The SMILES string of the molecule is O=S1(=O)c2ccc(Br)c(F)c2CN1C1CCNCC1. The Kier molecular flexibility index (Phi) is 3.41. The van der Waals surface area contributed by atoms with Crippen molar-refractivity contribution in [3.8, 4) is 0 Å². The number of fused-ring (bicyclic) bond motifs is 1. The summed E-state index contributed by atoms with van der Waals surface area (Å²) in [5.74, 6) is -0.461. The molecule has 0 amide bonds. The Labute approximate surface area is 120 Å². The maximum Gasteiger partial charge on any atom is 0.244 e. The van der Waals surface area contributed by atoms with Crippen LogP contribution in [0.2, 0.25) is 0 Å². The Balaban J connectivity index is 2.02. The van der Waals surface area contributed by atoms with Crippen LogP contribution < -0.4 is 5.32 Å². The van der Waals surface area contributed by atoms with Crippen LogP contribution in [-0.4, -0.2) is 31.9 Å². The minimum absolute atomic E-state index is 0.0307. The summed E-state index contributed by atoms with van der Waals surface area (Å²) in [7, 11) is -3.54. The molecule has 1 fully saturated rings. The fourth-order valence-electron chi connectivity index (χ4n) is 2.75. The molecule has 0 aromatic heterocycles. The van der Waals surface area contributed by atoms with Crippen LogP contribution in [-0.2, 0) is 16.6 Å². The molecule has 2 heterocycles. The summed E-state index contributed by atoms with van der Waals surface area (Å²) in [6.45, 7) is 1.76. The van der Waals surface area contributed by atoms with Crippen molar-refractivity contribution in [2.24, 2.45) is 0 Å². The summed E-state index contributed by atoms with van der Waals surface area (Å²) in [5.41, 5.74) is 0.285. The van der Waals surface area contributed by atoms with Crippen LogP contribution in [0, 0.1) is 5.82 Å². The summed E-state index contributed by atoms with van der Waals surface area (Å²) in [6.07, 6.45) is 1.55. The maximum absolute atomic E-state index is 14.0. The van der Waals surface area contributed by atoms with Crippen LogP contribution in [0.3, 0.4) is 0 Å². The van der Waals surface area contributed by atoms with E-state index in [1.54, 1.807) is 0 Å². The van der Waals surface area contributed by atoms with Gasteiger partial charge in [0.2, 0.25) is 10.0 Å². The van der Waals surface area contributed by atoms with Crippen LogP contribution in [0.1, 0.15) is 18.4 Å². The Morgan fingerprint density at radius 3 is 2.68 bits per heavy atom. The molecule has 0 radical (unpaired) electrons. The second-order valence-electron chi connectivity index (χ2n) is 4.87. The topological polar surface area (TPSA) is 49.4 Å². The van der Waals surface area contributed by atoms with E-state index in [0.717, 1.165) is 25.9 Å². The van der Waals surface area contributed by atoms with Gasteiger partial charge in [0.25, 0.3) is 0 Å². The summed E-state index contributed by atoms with van der Waals surface area (Å²) < 4.78 is 40.7. The van der Waals surface area contributed by atoms with E-state index in [1.165, 1.54) is 16.4 Å². The first-order valence-corrected chi connectivity index (χ1v) is 8.44. The molecule has 4 nitrogen and oxygen atoms in total. The van der Waals surface area contributed by atoms with E-state index in [0.29, 0.717) is 4.47 Å². The first kappa shape index (κ1) is 13.5. The van der Waals surface area contributed by atoms with Crippen molar-refractivity contribution >= 4 is 26.0 Å². The second kappa shape index (κ2) is 4.80. The predicted octanol–water partition coefficient (Wildman–Crippen LogP) is 1.84. The zero-order chi connectivity index (χ0) is 13.6. The van der Waals surface area contributed by atoms with Crippen molar-refractivity contribution in [2.45, 2.75) is 30.3 Å². The number of halogens is 2. The molecule has 1 aromatic rings. The number of benzene rings is 1. The van der Waals surface area contributed by atoms with Crippen molar-refractivity contribution < 1.29 is 12.8 Å². The quantitative estimate of drug-likeness (QED) is 0.842. The van der Waals surface area contributed by atoms with Gasteiger partial charge in [0.1, 0.15) is 5.82 Å². The maximum atomic E-state index is 14.0. The van der Waals surface area contributed by atoms with Gasteiger partial charge in [-0.1, -0.05) is 0 Å². The lowest BCUT2D eigenvalue weighted by Crippen LogP contribution is -2.43. The highest BCUT2D eigenvalue weighted by Crippen LogP contribution is 2.37. The van der Waals surface area contributed by atoms with E-state index < -0.39 is 15.8 Å². The van der Waals surface area contributed by atoms with Gasteiger partial charge in [-0.15, -0.1) is 0 Å². The number of piperidine rings is 1. The molecule has 1 aromatic carbocycles. The van der Waals surface area contributed by atoms with Gasteiger partial charge >= 0.3 is 0 Å². The van der Waals surface area contributed by atoms with E-state index in [4.69, 9.17) is 0 Å². The van der Waals surface area contributed by atoms with Crippen LogP contribution in [0.25, 0.3) is 0 Å². The third-order valence-electron chi connectivity index (χ3n) is 3.77. The molecule has 0 spiro atoms. The minimum atomic E-state index is -3.54. The predicted molar refractivity (Wildman–Crippen MR) is 72.7 cm³/mol. The zero-order valence-electron chi connectivity index (χ0n) is 10.2. The van der Waals surface area contributed by atoms with Crippen molar-refractivity contribution in [1.82, 2.24) is 9.62 Å². The van der Waals surface area contributed by atoms with E-state index in [2.05, 4.69) is 21.2 Å². The van der Waals surface area contributed by atoms with Gasteiger partial charge in [-0.2, -0.15) is 4.31 Å². The van der Waals surface area contributed by atoms with Crippen molar-refractivity contribution in [2.75, 3.05) is 13.1 Å². The Morgan fingerprint density at radius 2 is 2.00 bits per heavy atom. The number of rotatable bonds is 1. The Morgan fingerprint density at radius 1 is 1.32 bits per heavy atom. The summed E-state index contributed by atoms with van der Waals surface area (Å²) in [4.78, 5) is 0.117. The summed E-state index contributed by atoms with van der Waals surface area (Å²) in [6, 6.07) is 2.91. The zero-order valence-corrected chi connectivity index (χ0v) is 12.6. The van der Waals surface area contributed by atoms with Crippen molar-refractivity contribution in [3.63, 3.8) is 0 Å². The first-order valence-electron chi connectivity index (χ1n) is 6.21. The van der Waals surface area contributed by atoms with E-state index in [9.17, 15) is 12.8 Å². The molecule has 3 rings (SSSR count). The Bertz CT molecular complexity index is 614. The monoisotopic (exact) mass is 348 g/mol. The van der Waals surface area contributed by atoms with Crippen molar-refractivity contribution in [3.05, 3.63) is 28.0 Å².